The van der Waals surface area contributed by atoms with Gasteiger partial charge in [-0.25, -0.2) is 18.2 Å². The predicted molar refractivity (Wildman–Crippen MR) is 139 cm³/mol. The maximum Gasteiger partial charge on any atom is 0.324 e. The molecule has 0 unspecified atom stereocenters. The summed E-state index contributed by atoms with van der Waals surface area (Å²) >= 11 is 0. The summed E-state index contributed by atoms with van der Waals surface area (Å²) in [4.78, 5) is 25.2. The third-order valence-electron chi connectivity index (χ3n) is 6.13. The van der Waals surface area contributed by atoms with Gasteiger partial charge in [0.05, 0.1) is 41.8 Å². The van der Waals surface area contributed by atoms with E-state index in [-0.39, 0.29) is 6.61 Å². The van der Waals surface area contributed by atoms with Crippen LogP contribution in [-0.2, 0) is 10.0 Å². The van der Waals surface area contributed by atoms with E-state index in [1.165, 1.54) is 16.8 Å². The average molecular weight is 511 g/mol. The van der Waals surface area contributed by atoms with E-state index in [1.54, 1.807) is 18.5 Å². The molecule has 0 aliphatic carbocycles. The smallest absolute Gasteiger partial charge is 0.324 e. The van der Waals surface area contributed by atoms with Crippen molar-refractivity contribution in [2.24, 2.45) is 0 Å². The molecular formula is C25H30N6O4S. The Hall–Kier alpha value is -3.57. The molecular weight excluding hydrogens is 480 g/mol. The molecule has 3 heterocycles. The fourth-order valence-corrected chi connectivity index (χ4v) is 5.70. The van der Waals surface area contributed by atoms with Crippen LogP contribution < -0.4 is 15.4 Å². The molecule has 11 heteroatoms. The topological polar surface area (TPSA) is 126 Å². The molecule has 0 saturated carbocycles. The van der Waals surface area contributed by atoms with Gasteiger partial charge in [-0.2, -0.15) is 4.31 Å². The summed E-state index contributed by atoms with van der Waals surface area (Å²) in [6.45, 7) is 6.49. The summed E-state index contributed by atoms with van der Waals surface area (Å²) in [5, 5.41) is 5.39. The number of nitrogens with one attached hydrogen (secondary N) is 2. The molecule has 1 aliphatic rings. The first-order chi connectivity index (χ1) is 17.0. The van der Waals surface area contributed by atoms with Crippen LogP contribution in [0.2, 0.25) is 0 Å². The van der Waals surface area contributed by atoms with Gasteiger partial charge in [0, 0.05) is 17.8 Å². The van der Waals surface area contributed by atoms with Crippen LogP contribution in [0.15, 0.2) is 48.9 Å². The highest BCUT2D eigenvalue weighted by Gasteiger charge is 2.42. The number of carbonyl (C=O) groups excluding carboxylic acids is 1. The second kappa shape index (κ2) is 10.2. The first kappa shape index (κ1) is 25.5. The quantitative estimate of drug-likeness (QED) is 0.492. The van der Waals surface area contributed by atoms with Gasteiger partial charge in [-0.15, -0.1) is 0 Å². The number of amides is 2. The third kappa shape index (κ3) is 5.97. The fraction of sp³-hybridized carbons (Fsp3) is 0.360. The highest BCUT2D eigenvalue weighted by Crippen LogP contribution is 2.33. The lowest BCUT2D eigenvalue weighted by molar-refractivity contribution is 0.153. The molecule has 2 N–H and O–H groups in total. The third-order valence-corrected chi connectivity index (χ3v) is 7.56. The number of sulfonamides is 1. The predicted octanol–water partition coefficient (Wildman–Crippen LogP) is 3.99. The number of ether oxygens (including phenoxy) is 1. The van der Waals surface area contributed by atoms with E-state index in [0.717, 1.165) is 29.7 Å². The Morgan fingerprint density at radius 1 is 1.14 bits per heavy atom. The zero-order chi connectivity index (χ0) is 25.9. The Kier molecular flexibility index (Phi) is 7.23. The first-order valence-electron chi connectivity index (χ1n) is 11.6. The van der Waals surface area contributed by atoms with Crippen LogP contribution >= 0.6 is 0 Å². The van der Waals surface area contributed by atoms with Crippen molar-refractivity contribution in [3.05, 3.63) is 60.2 Å². The molecule has 36 heavy (non-hydrogen) atoms. The standard InChI is InChI=1S/C25H30N6O4S/c1-17-12-19(7-9-22(17)35-16-25(3)10-5-11-31(25)36(4,33)34)21-14-26-15-23(29-21)30-24(32)28-20-8-6-18(2)27-13-20/h6-9,12-15H,5,10-11,16H2,1-4H3,(H2,28,29,30,32)/t25-/m0/s1. The molecule has 1 atom stereocenters. The van der Waals surface area contributed by atoms with Crippen LogP contribution in [0.4, 0.5) is 16.3 Å². The maximum atomic E-state index is 12.3. The minimum Gasteiger partial charge on any atom is -0.491 e. The molecule has 1 fully saturated rings. The summed E-state index contributed by atoms with van der Waals surface area (Å²) in [6, 6.07) is 8.75. The van der Waals surface area contributed by atoms with Crippen molar-refractivity contribution in [3.8, 4) is 17.0 Å². The van der Waals surface area contributed by atoms with Crippen molar-refractivity contribution in [1.82, 2.24) is 19.3 Å². The van der Waals surface area contributed by atoms with Gasteiger partial charge in [0.15, 0.2) is 5.82 Å². The highest BCUT2D eigenvalue weighted by atomic mass is 32.2. The largest absolute Gasteiger partial charge is 0.491 e. The Morgan fingerprint density at radius 3 is 2.64 bits per heavy atom. The Labute approximate surface area is 211 Å². The lowest BCUT2D eigenvalue weighted by atomic mass is 10.0. The number of hydrogen-bond acceptors (Lipinski definition) is 7. The highest BCUT2D eigenvalue weighted by molar-refractivity contribution is 7.88. The van der Waals surface area contributed by atoms with E-state index < -0.39 is 21.6 Å². The molecule has 1 saturated heterocycles. The van der Waals surface area contributed by atoms with E-state index in [4.69, 9.17) is 4.74 Å². The van der Waals surface area contributed by atoms with Crippen molar-refractivity contribution < 1.29 is 17.9 Å². The van der Waals surface area contributed by atoms with Crippen molar-refractivity contribution in [2.75, 3.05) is 30.0 Å². The SMILES string of the molecule is Cc1ccc(NC(=O)Nc2cncc(-c3ccc(OC[C@]4(C)CCCN4S(C)(=O)=O)c(C)c3)n2)cn1. The normalized spacial score (nSPS) is 18.1. The maximum absolute atomic E-state index is 12.3. The number of nitrogens with zero attached hydrogens (tertiary/aromatic N) is 4. The molecule has 1 aliphatic heterocycles. The zero-order valence-corrected chi connectivity index (χ0v) is 21.6. The average Bonchev–Trinajstić information content (AvgIpc) is 3.22. The van der Waals surface area contributed by atoms with Crippen LogP contribution in [0.25, 0.3) is 11.3 Å². The van der Waals surface area contributed by atoms with Crippen molar-refractivity contribution >= 4 is 27.6 Å². The van der Waals surface area contributed by atoms with Gasteiger partial charge >= 0.3 is 6.03 Å². The van der Waals surface area contributed by atoms with E-state index >= 15 is 0 Å². The second-order valence-corrected chi connectivity index (χ2v) is 11.2. The van der Waals surface area contributed by atoms with Gasteiger partial charge in [-0.05, 0) is 69.5 Å². The Bertz CT molecular complexity index is 1360. The molecule has 2 aromatic heterocycles. The van der Waals surface area contributed by atoms with Crippen molar-refractivity contribution in [2.45, 2.75) is 39.2 Å². The molecule has 4 rings (SSSR count). The van der Waals surface area contributed by atoms with Crippen LogP contribution in [0, 0.1) is 13.8 Å². The van der Waals surface area contributed by atoms with Gasteiger partial charge < -0.3 is 10.1 Å². The number of pyridine rings is 1. The van der Waals surface area contributed by atoms with Gasteiger partial charge in [-0.1, -0.05) is 0 Å². The Balaban J connectivity index is 1.42. The van der Waals surface area contributed by atoms with Gasteiger partial charge in [-0.3, -0.25) is 15.3 Å². The number of aromatic nitrogens is 3. The molecule has 0 spiro atoms. The van der Waals surface area contributed by atoms with Gasteiger partial charge in [0.1, 0.15) is 12.4 Å². The molecule has 10 nitrogen and oxygen atoms in total. The number of rotatable bonds is 7. The summed E-state index contributed by atoms with van der Waals surface area (Å²) in [7, 11) is -3.30. The minimum atomic E-state index is -3.30. The molecule has 2 amide bonds. The molecule has 0 radical (unpaired) electrons. The summed E-state index contributed by atoms with van der Waals surface area (Å²) in [6.07, 6.45) is 7.47. The number of hydrogen-bond donors (Lipinski definition) is 2. The van der Waals surface area contributed by atoms with E-state index in [2.05, 4.69) is 25.6 Å². The molecule has 1 aromatic carbocycles. The number of carbonyl (C=O) groups is 1. The summed E-state index contributed by atoms with van der Waals surface area (Å²) < 4.78 is 31.9. The van der Waals surface area contributed by atoms with E-state index in [9.17, 15) is 13.2 Å². The number of benzene rings is 1. The zero-order valence-electron chi connectivity index (χ0n) is 20.8. The minimum absolute atomic E-state index is 0.269. The van der Waals surface area contributed by atoms with Crippen LogP contribution in [0.5, 0.6) is 5.75 Å². The van der Waals surface area contributed by atoms with Crippen molar-refractivity contribution in [1.29, 1.82) is 0 Å². The lowest BCUT2D eigenvalue weighted by Crippen LogP contribution is -2.48. The fourth-order valence-electron chi connectivity index (χ4n) is 4.30. The van der Waals surface area contributed by atoms with E-state index in [1.807, 2.05) is 45.0 Å². The molecule has 190 valence electrons. The molecule has 3 aromatic rings. The van der Waals surface area contributed by atoms with Crippen LogP contribution in [-0.4, -0.2) is 58.7 Å². The van der Waals surface area contributed by atoms with Crippen molar-refractivity contribution in [3.63, 3.8) is 0 Å². The monoisotopic (exact) mass is 510 g/mol. The van der Waals surface area contributed by atoms with Gasteiger partial charge in [0.25, 0.3) is 0 Å². The van der Waals surface area contributed by atoms with Crippen LogP contribution in [0.3, 0.4) is 0 Å². The van der Waals surface area contributed by atoms with Crippen LogP contribution in [0.1, 0.15) is 31.0 Å². The first-order valence-corrected chi connectivity index (χ1v) is 13.4. The number of urea groups is 1. The summed E-state index contributed by atoms with van der Waals surface area (Å²) in [5.74, 6) is 0.978. The van der Waals surface area contributed by atoms with Gasteiger partial charge in [0.2, 0.25) is 10.0 Å². The molecule has 0 bridgehead atoms. The Morgan fingerprint density at radius 2 is 1.94 bits per heavy atom. The summed E-state index contributed by atoms with van der Waals surface area (Å²) in [5.41, 5.74) is 3.13. The number of aryl methyl sites for hydroxylation is 2. The van der Waals surface area contributed by atoms with E-state index in [0.29, 0.717) is 29.5 Å². The lowest BCUT2D eigenvalue weighted by Gasteiger charge is -2.33. The second-order valence-electron chi connectivity index (χ2n) is 9.26. The number of anilines is 2.